The van der Waals surface area contributed by atoms with Crippen molar-refractivity contribution in [3.63, 3.8) is 0 Å². The zero-order valence-corrected chi connectivity index (χ0v) is 13.9. The Morgan fingerprint density at radius 1 is 1.36 bits per heavy atom. The lowest BCUT2D eigenvalue weighted by Crippen LogP contribution is -2.41. The molecule has 1 aromatic heterocycles. The van der Waals surface area contributed by atoms with Crippen molar-refractivity contribution in [2.75, 3.05) is 11.9 Å². The van der Waals surface area contributed by atoms with E-state index in [0.717, 1.165) is 30.6 Å². The van der Waals surface area contributed by atoms with Gasteiger partial charge in [-0.15, -0.1) is 0 Å². The maximum atomic E-state index is 12.6. The number of hydrogen-bond donors (Lipinski definition) is 1. The number of thiophene rings is 1. The van der Waals surface area contributed by atoms with Crippen LogP contribution in [-0.4, -0.2) is 23.4 Å². The summed E-state index contributed by atoms with van der Waals surface area (Å²) in [6.07, 6.45) is 2.29. The van der Waals surface area contributed by atoms with Gasteiger partial charge in [-0.3, -0.25) is 9.69 Å². The molecule has 4 heteroatoms. The van der Waals surface area contributed by atoms with Gasteiger partial charge >= 0.3 is 0 Å². The number of hydrogen-bond acceptors (Lipinski definition) is 3. The van der Waals surface area contributed by atoms with E-state index in [1.54, 1.807) is 11.3 Å². The van der Waals surface area contributed by atoms with Crippen LogP contribution in [0.2, 0.25) is 0 Å². The van der Waals surface area contributed by atoms with Gasteiger partial charge in [0.15, 0.2) is 0 Å². The molecule has 1 saturated heterocycles. The summed E-state index contributed by atoms with van der Waals surface area (Å²) >= 11 is 1.73. The fourth-order valence-electron chi connectivity index (χ4n) is 3.18. The van der Waals surface area contributed by atoms with Crippen molar-refractivity contribution in [3.8, 4) is 0 Å². The second kappa shape index (κ2) is 6.63. The minimum atomic E-state index is -0.119. The first-order valence-corrected chi connectivity index (χ1v) is 8.75. The van der Waals surface area contributed by atoms with Crippen LogP contribution in [0.5, 0.6) is 0 Å². The third kappa shape index (κ3) is 3.08. The first kappa shape index (κ1) is 15.3. The second-order valence-electron chi connectivity index (χ2n) is 5.93. The number of anilines is 1. The largest absolute Gasteiger partial charge is 0.324 e. The third-order valence-corrected chi connectivity index (χ3v) is 5.20. The van der Waals surface area contributed by atoms with Gasteiger partial charge in [0.25, 0.3) is 0 Å². The summed E-state index contributed by atoms with van der Waals surface area (Å²) in [6.45, 7) is 5.02. The molecule has 0 spiro atoms. The van der Waals surface area contributed by atoms with E-state index >= 15 is 0 Å². The zero-order chi connectivity index (χ0) is 15.5. The molecule has 1 amide bonds. The minimum Gasteiger partial charge on any atom is -0.324 e. The first-order chi connectivity index (χ1) is 10.7. The number of carbonyl (C=O) groups is 1. The summed E-state index contributed by atoms with van der Waals surface area (Å²) < 4.78 is 0. The van der Waals surface area contributed by atoms with Crippen molar-refractivity contribution in [2.45, 2.75) is 38.8 Å². The van der Waals surface area contributed by atoms with Crippen LogP contribution >= 0.6 is 11.3 Å². The van der Waals surface area contributed by atoms with Crippen molar-refractivity contribution in [1.82, 2.24) is 4.90 Å². The molecule has 22 heavy (non-hydrogen) atoms. The summed E-state index contributed by atoms with van der Waals surface area (Å²) in [6, 6.07) is 10.4. The molecule has 0 aliphatic carbocycles. The van der Waals surface area contributed by atoms with Crippen LogP contribution in [0, 0.1) is 6.92 Å². The van der Waals surface area contributed by atoms with E-state index in [9.17, 15) is 4.79 Å². The van der Waals surface area contributed by atoms with Gasteiger partial charge in [0.2, 0.25) is 5.91 Å². The summed E-state index contributed by atoms with van der Waals surface area (Å²) in [5.74, 6) is 0.0800. The van der Waals surface area contributed by atoms with E-state index in [-0.39, 0.29) is 11.9 Å². The molecule has 0 bridgehead atoms. The molecule has 1 fully saturated rings. The van der Waals surface area contributed by atoms with E-state index in [0.29, 0.717) is 6.04 Å². The van der Waals surface area contributed by atoms with Gasteiger partial charge in [0.1, 0.15) is 0 Å². The van der Waals surface area contributed by atoms with Gasteiger partial charge in [-0.05, 0) is 67.3 Å². The number of benzene rings is 1. The Labute approximate surface area is 136 Å². The average molecular weight is 314 g/mol. The van der Waals surface area contributed by atoms with E-state index in [1.807, 2.05) is 38.1 Å². The van der Waals surface area contributed by atoms with E-state index < -0.39 is 0 Å². The Kier molecular flexibility index (Phi) is 4.60. The first-order valence-electron chi connectivity index (χ1n) is 7.81. The quantitative estimate of drug-likeness (QED) is 0.916. The van der Waals surface area contributed by atoms with Gasteiger partial charge in [-0.2, -0.15) is 11.3 Å². The van der Waals surface area contributed by atoms with Crippen LogP contribution in [0.25, 0.3) is 0 Å². The van der Waals surface area contributed by atoms with E-state index in [4.69, 9.17) is 0 Å². The molecular formula is C18H22N2OS. The van der Waals surface area contributed by atoms with Gasteiger partial charge in [0, 0.05) is 11.7 Å². The highest BCUT2D eigenvalue weighted by atomic mass is 32.1. The fourth-order valence-corrected chi connectivity index (χ4v) is 3.88. The number of nitrogens with zero attached hydrogens (tertiary/aromatic N) is 1. The fraction of sp³-hybridized carbons (Fsp3) is 0.389. The molecule has 1 N–H and O–H groups in total. The van der Waals surface area contributed by atoms with Crippen LogP contribution in [0.4, 0.5) is 5.69 Å². The Hall–Kier alpha value is -1.65. The van der Waals surface area contributed by atoms with Crippen molar-refractivity contribution in [1.29, 1.82) is 0 Å². The maximum Gasteiger partial charge on any atom is 0.241 e. The van der Waals surface area contributed by atoms with E-state index in [1.165, 1.54) is 5.56 Å². The van der Waals surface area contributed by atoms with Crippen molar-refractivity contribution >= 4 is 22.9 Å². The highest BCUT2D eigenvalue weighted by Gasteiger charge is 2.33. The molecule has 1 aliphatic rings. The van der Waals surface area contributed by atoms with Crippen molar-refractivity contribution in [2.24, 2.45) is 0 Å². The predicted octanol–water partition coefficient (Wildman–Crippen LogP) is 4.22. The number of likely N-dealkylation sites (tertiary alicyclic amines) is 1. The van der Waals surface area contributed by atoms with Crippen LogP contribution in [0.1, 0.15) is 36.9 Å². The highest BCUT2D eigenvalue weighted by molar-refractivity contribution is 7.07. The third-order valence-electron chi connectivity index (χ3n) is 4.50. The molecule has 0 unspecified atom stereocenters. The van der Waals surface area contributed by atoms with E-state index in [2.05, 4.69) is 27.0 Å². The molecule has 0 radical (unpaired) electrons. The number of nitrogens with one attached hydrogen (secondary N) is 1. The maximum absolute atomic E-state index is 12.6. The lowest BCUT2D eigenvalue weighted by Gasteiger charge is -2.29. The molecule has 3 rings (SSSR count). The lowest BCUT2D eigenvalue weighted by atomic mass is 10.1. The lowest BCUT2D eigenvalue weighted by molar-refractivity contribution is -0.121. The number of para-hydroxylation sites is 1. The van der Waals surface area contributed by atoms with Crippen molar-refractivity contribution in [3.05, 3.63) is 52.2 Å². The van der Waals surface area contributed by atoms with Crippen LogP contribution < -0.4 is 5.32 Å². The Morgan fingerprint density at radius 3 is 2.91 bits per heavy atom. The summed E-state index contributed by atoms with van der Waals surface area (Å²) in [7, 11) is 0. The molecule has 2 atom stereocenters. The molecule has 3 nitrogen and oxygen atoms in total. The predicted molar refractivity (Wildman–Crippen MR) is 92.3 cm³/mol. The molecular weight excluding hydrogens is 292 g/mol. The van der Waals surface area contributed by atoms with Gasteiger partial charge in [-0.25, -0.2) is 0 Å². The number of rotatable bonds is 4. The average Bonchev–Trinajstić information content (AvgIpc) is 3.19. The Balaban J connectivity index is 1.71. The monoisotopic (exact) mass is 314 g/mol. The molecule has 1 aliphatic heterocycles. The number of aryl methyl sites for hydroxylation is 1. The van der Waals surface area contributed by atoms with Gasteiger partial charge in [-0.1, -0.05) is 18.2 Å². The van der Waals surface area contributed by atoms with Crippen LogP contribution in [-0.2, 0) is 4.79 Å². The highest BCUT2D eigenvalue weighted by Crippen LogP contribution is 2.34. The number of carbonyl (C=O) groups excluding carboxylic acids is 1. The zero-order valence-electron chi connectivity index (χ0n) is 13.1. The summed E-state index contributed by atoms with van der Waals surface area (Å²) in [5, 5.41) is 7.39. The molecule has 1 aromatic carbocycles. The van der Waals surface area contributed by atoms with Crippen LogP contribution in [0.3, 0.4) is 0 Å². The van der Waals surface area contributed by atoms with Gasteiger partial charge in [0.05, 0.1) is 6.04 Å². The standard InChI is InChI=1S/C18H22N2OS/c1-13-6-3-4-7-16(13)19-18(21)14(2)20-10-5-8-17(20)15-9-11-22-12-15/h3-4,6-7,9,11-12,14,17H,5,8,10H2,1-2H3,(H,19,21)/t14-,17-/m0/s1. The SMILES string of the molecule is Cc1ccccc1NC(=O)[C@H](C)N1CCC[C@H]1c1ccsc1. The van der Waals surface area contributed by atoms with Gasteiger partial charge < -0.3 is 5.32 Å². The Morgan fingerprint density at radius 2 is 2.18 bits per heavy atom. The topological polar surface area (TPSA) is 32.3 Å². The second-order valence-corrected chi connectivity index (χ2v) is 6.71. The smallest absolute Gasteiger partial charge is 0.241 e. The Bertz CT molecular complexity index is 638. The minimum absolute atomic E-state index is 0.0800. The number of amides is 1. The molecule has 2 heterocycles. The van der Waals surface area contributed by atoms with Crippen molar-refractivity contribution < 1.29 is 4.79 Å². The molecule has 2 aromatic rings. The molecule has 116 valence electrons. The summed E-state index contributed by atoms with van der Waals surface area (Å²) in [4.78, 5) is 14.9. The summed E-state index contributed by atoms with van der Waals surface area (Å²) in [5.41, 5.74) is 3.35. The molecule has 0 saturated carbocycles. The van der Waals surface area contributed by atoms with Crippen LogP contribution in [0.15, 0.2) is 41.1 Å². The normalized spacial score (nSPS) is 20.0.